The number of hydrogen-bond donors (Lipinski definition) is 0. The Morgan fingerprint density at radius 3 is 1.97 bits per heavy atom. The Labute approximate surface area is 196 Å². The van der Waals surface area contributed by atoms with E-state index in [1.807, 2.05) is 11.8 Å². The number of allylic oxidation sites excluding steroid dienone is 8. The molecule has 0 spiro atoms. The summed E-state index contributed by atoms with van der Waals surface area (Å²) in [5.41, 5.74) is 7.39. The number of hydrogen-bond acceptors (Lipinski definition) is 2. The second-order valence-corrected chi connectivity index (χ2v) is 8.91. The van der Waals surface area contributed by atoms with Crippen molar-refractivity contribution in [3.8, 4) is 0 Å². The molecule has 0 fully saturated rings. The Morgan fingerprint density at radius 1 is 0.742 bits per heavy atom. The van der Waals surface area contributed by atoms with Crippen molar-refractivity contribution in [3.05, 3.63) is 113 Å². The molecule has 0 unspecified atom stereocenters. The summed E-state index contributed by atoms with van der Waals surface area (Å²) in [6.07, 6.45) is 13.4. The lowest BCUT2D eigenvalue weighted by Gasteiger charge is -2.19. The third-order valence-corrected chi connectivity index (χ3v) is 6.38. The SMILES string of the molecule is CN(C)c1ccc(C2=CC(=C3C=CC(=[N+](C)C)C=C3)SC(c3ccccc3)=C2)cc1.[Cl-]. The molecule has 0 bridgehead atoms. The summed E-state index contributed by atoms with van der Waals surface area (Å²) in [5, 5.41) is 0. The van der Waals surface area contributed by atoms with Crippen LogP contribution in [0.15, 0.2) is 102 Å². The van der Waals surface area contributed by atoms with Crippen LogP contribution in [0.2, 0.25) is 0 Å². The Hall–Kier alpha value is -2.75. The fourth-order valence-electron chi connectivity index (χ4n) is 3.43. The number of anilines is 1. The van der Waals surface area contributed by atoms with Gasteiger partial charge in [-0.2, -0.15) is 0 Å². The van der Waals surface area contributed by atoms with Gasteiger partial charge < -0.3 is 17.3 Å². The van der Waals surface area contributed by atoms with Crippen LogP contribution in [0.25, 0.3) is 10.5 Å². The van der Waals surface area contributed by atoms with Gasteiger partial charge in [-0.15, -0.1) is 0 Å². The molecule has 31 heavy (non-hydrogen) atoms. The monoisotopic (exact) mass is 446 g/mol. The van der Waals surface area contributed by atoms with E-state index in [4.69, 9.17) is 0 Å². The van der Waals surface area contributed by atoms with Crippen molar-refractivity contribution in [2.75, 3.05) is 33.1 Å². The van der Waals surface area contributed by atoms with E-state index in [0.29, 0.717) is 0 Å². The van der Waals surface area contributed by atoms with Crippen LogP contribution < -0.4 is 17.3 Å². The first kappa shape index (κ1) is 22.9. The van der Waals surface area contributed by atoms with E-state index >= 15 is 0 Å². The van der Waals surface area contributed by atoms with E-state index in [2.05, 4.69) is 129 Å². The average molecular weight is 447 g/mol. The van der Waals surface area contributed by atoms with Crippen LogP contribution in [0.1, 0.15) is 11.1 Å². The van der Waals surface area contributed by atoms with Crippen LogP contribution in [-0.2, 0) is 0 Å². The van der Waals surface area contributed by atoms with Gasteiger partial charge in [0.1, 0.15) is 14.1 Å². The molecule has 1 heterocycles. The zero-order valence-electron chi connectivity index (χ0n) is 18.3. The van der Waals surface area contributed by atoms with Crippen LogP contribution in [0.5, 0.6) is 0 Å². The summed E-state index contributed by atoms with van der Waals surface area (Å²) in [5.74, 6) is 0. The number of halogens is 1. The molecular formula is C27H27ClN2S. The first-order chi connectivity index (χ1) is 14.5. The maximum atomic E-state index is 2.31. The fraction of sp³-hybridized carbons (Fsp3) is 0.148. The summed E-state index contributed by atoms with van der Waals surface area (Å²) >= 11 is 1.84. The minimum absolute atomic E-state index is 0. The first-order valence-electron chi connectivity index (χ1n) is 10.1. The van der Waals surface area contributed by atoms with Gasteiger partial charge in [-0.1, -0.05) is 54.2 Å². The zero-order chi connectivity index (χ0) is 21.1. The van der Waals surface area contributed by atoms with Crippen LogP contribution in [-0.4, -0.2) is 38.5 Å². The van der Waals surface area contributed by atoms with Crippen LogP contribution in [0.4, 0.5) is 5.69 Å². The Kier molecular flexibility index (Phi) is 7.42. The van der Waals surface area contributed by atoms with E-state index in [1.165, 1.54) is 43.5 Å². The van der Waals surface area contributed by atoms with Gasteiger partial charge in [0.2, 0.25) is 0 Å². The Morgan fingerprint density at radius 2 is 1.39 bits per heavy atom. The van der Waals surface area contributed by atoms with Crippen molar-refractivity contribution < 1.29 is 17.0 Å². The molecule has 4 rings (SSSR count). The molecule has 0 aromatic heterocycles. The topological polar surface area (TPSA) is 6.25 Å². The molecule has 4 heteroatoms. The highest BCUT2D eigenvalue weighted by Crippen LogP contribution is 2.43. The summed E-state index contributed by atoms with van der Waals surface area (Å²) in [4.78, 5) is 4.68. The lowest BCUT2D eigenvalue weighted by Crippen LogP contribution is -3.00. The van der Waals surface area contributed by atoms with E-state index in [0.717, 1.165) is 0 Å². The molecule has 2 aromatic carbocycles. The summed E-state index contributed by atoms with van der Waals surface area (Å²) < 4.78 is 2.13. The molecule has 0 amide bonds. The third-order valence-electron chi connectivity index (χ3n) is 5.24. The number of benzene rings is 2. The van der Waals surface area contributed by atoms with Crippen molar-refractivity contribution in [2.24, 2.45) is 0 Å². The van der Waals surface area contributed by atoms with Crippen LogP contribution in [0, 0.1) is 0 Å². The van der Waals surface area contributed by atoms with Crippen LogP contribution in [0.3, 0.4) is 0 Å². The Balaban J connectivity index is 0.00000272. The van der Waals surface area contributed by atoms with Gasteiger partial charge in [0.25, 0.3) is 0 Å². The molecule has 2 aromatic rings. The van der Waals surface area contributed by atoms with Gasteiger partial charge in [-0.25, -0.2) is 4.58 Å². The normalized spacial score (nSPS) is 15.3. The maximum Gasteiger partial charge on any atom is 0.199 e. The highest BCUT2D eigenvalue weighted by molar-refractivity contribution is 8.12. The predicted octanol–water partition coefficient (Wildman–Crippen LogP) is 3.02. The lowest BCUT2D eigenvalue weighted by molar-refractivity contribution is -0.462. The van der Waals surface area contributed by atoms with Crippen molar-refractivity contribution in [2.45, 2.75) is 0 Å². The molecule has 158 valence electrons. The summed E-state index contributed by atoms with van der Waals surface area (Å²) in [6.45, 7) is 0. The van der Waals surface area contributed by atoms with E-state index in [9.17, 15) is 0 Å². The minimum atomic E-state index is 0. The predicted molar refractivity (Wildman–Crippen MR) is 133 cm³/mol. The molecule has 0 saturated heterocycles. The quantitative estimate of drug-likeness (QED) is 0.668. The molecule has 1 aliphatic heterocycles. The van der Waals surface area contributed by atoms with E-state index in [1.54, 1.807) is 0 Å². The number of thioether (sulfide) groups is 1. The summed E-state index contributed by atoms with van der Waals surface area (Å²) in [6, 6.07) is 19.4. The molecule has 0 N–H and O–H groups in total. The number of rotatable bonds is 3. The van der Waals surface area contributed by atoms with Crippen molar-refractivity contribution in [1.29, 1.82) is 0 Å². The molecule has 2 aliphatic rings. The lowest BCUT2D eigenvalue weighted by atomic mass is 10.0. The molecule has 1 aliphatic carbocycles. The summed E-state index contributed by atoms with van der Waals surface area (Å²) in [7, 11) is 8.29. The van der Waals surface area contributed by atoms with Gasteiger partial charge in [-0.3, -0.25) is 0 Å². The number of nitrogens with zero attached hydrogens (tertiary/aromatic N) is 2. The second-order valence-electron chi connectivity index (χ2n) is 7.82. The molecule has 0 radical (unpaired) electrons. The smallest absolute Gasteiger partial charge is 0.199 e. The fourth-order valence-corrected chi connectivity index (χ4v) is 4.55. The Bertz CT molecular complexity index is 1110. The molecule has 0 atom stereocenters. The standard InChI is InChI=1S/C27H27N2S.ClH/c1-28(2)24-14-10-20(11-15-24)23-18-26(21-8-6-5-7-9-21)30-27(19-23)22-12-16-25(17-13-22)29(3)4;/h5-19H,1-4H3;1H/q+1;/p-1. The van der Waals surface area contributed by atoms with E-state index in [-0.39, 0.29) is 12.4 Å². The third kappa shape index (κ3) is 5.30. The van der Waals surface area contributed by atoms with Crippen LogP contribution >= 0.6 is 11.8 Å². The zero-order valence-corrected chi connectivity index (χ0v) is 19.9. The molecular weight excluding hydrogens is 420 g/mol. The van der Waals surface area contributed by atoms with E-state index < -0.39 is 0 Å². The second kappa shape index (κ2) is 10.0. The van der Waals surface area contributed by atoms with Crippen molar-refractivity contribution in [1.82, 2.24) is 0 Å². The average Bonchev–Trinajstić information content (AvgIpc) is 2.79. The molecule has 2 nitrogen and oxygen atoms in total. The highest BCUT2D eigenvalue weighted by atomic mass is 35.5. The first-order valence-corrected chi connectivity index (χ1v) is 10.9. The van der Waals surface area contributed by atoms with Gasteiger partial charge in [0.05, 0.1) is 0 Å². The van der Waals surface area contributed by atoms with Gasteiger partial charge in [0, 0.05) is 41.7 Å². The molecule has 0 saturated carbocycles. The van der Waals surface area contributed by atoms with Gasteiger partial charge >= 0.3 is 0 Å². The van der Waals surface area contributed by atoms with Gasteiger partial charge in [0.15, 0.2) is 5.71 Å². The van der Waals surface area contributed by atoms with Crippen molar-refractivity contribution in [3.63, 3.8) is 0 Å². The highest BCUT2D eigenvalue weighted by Gasteiger charge is 2.17. The minimum Gasteiger partial charge on any atom is -1.00 e. The maximum absolute atomic E-state index is 2.31. The largest absolute Gasteiger partial charge is 1.00 e. The van der Waals surface area contributed by atoms with Gasteiger partial charge in [-0.05, 0) is 58.7 Å². The van der Waals surface area contributed by atoms with Crippen molar-refractivity contribution >= 4 is 33.6 Å².